The largest absolute Gasteiger partial charge is 0.282 e. The number of rotatable bonds is 11. The molecule has 6 heteroatoms. The van der Waals surface area contributed by atoms with Crippen molar-refractivity contribution >= 4 is 17.5 Å². The molecule has 0 spiro atoms. The van der Waals surface area contributed by atoms with Gasteiger partial charge in [-0.3, -0.25) is 24.6 Å². The minimum absolute atomic E-state index is 0.0196. The molecule has 2 amide bonds. The third kappa shape index (κ3) is 3.96. The number of carbonyl (C=O) groups is 2. The third-order valence-corrected chi connectivity index (χ3v) is 6.33. The molecule has 0 atom stereocenters. The number of hydrogen-bond donors (Lipinski definition) is 0. The molecule has 2 bridgehead atoms. The predicted octanol–water partition coefficient (Wildman–Crippen LogP) is 4.75. The fourth-order valence-corrected chi connectivity index (χ4v) is 4.59. The monoisotopic (exact) mass is 386 g/mol. The van der Waals surface area contributed by atoms with Crippen LogP contribution >= 0.6 is 0 Å². The second-order valence-electron chi connectivity index (χ2n) is 8.26. The van der Waals surface area contributed by atoms with E-state index in [1.165, 1.54) is 49.1 Å². The lowest BCUT2D eigenvalue weighted by Gasteiger charge is -2.53. The van der Waals surface area contributed by atoms with Crippen LogP contribution in [0.5, 0.6) is 0 Å². The molecule has 1 aromatic rings. The number of piperidine rings is 2. The predicted molar refractivity (Wildman–Crippen MR) is 107 cm³/mol. The summed E-state index contributed by atoms with van der Waals surface area (Å²) in [6, 6.07) is 6.25. The Hall–Kier alpha value is -2.24. The second-order valence-corrected chi connectivity index (χ2v) is 8.26. The summed E-state index contributed by atoms with van der Waals surface area (Å²) in [6.07, 6.45) is 10.4. The summed E-state index contributed by atoms with van der Waals surface area (Å²) in [7, 11) is 0. The van der Waals surface area contributed by atoms with Gasteiger partial charge in [0.15, 0.2) is 0 Å². The maximum absolute atomic E-state index is 13.1. The van der Waals surface area contributed by atoms with E-state index in [0.29, 0.717) is 19.4 Å². The standard InChI is InChI=1S/C22H30N2O4/c1-2-3-4-5-6-7-8-9-14-23-20(25)17-15-22(16-17,21(23)26)18-10-12-19(13-11-18)24(27)28/h10-13,17H,2-9,14-16H2,1H3. The summed E-state index contributed by atoms with van der Waals surface area (Å²) in [6.45, 7) is 2.71. The van der Waals surface area contributed by atoms with E-state index in [9.17, 15) is 19.7 Å². The van der Waals surface area contributed by atoms with E-state index < -0.39 is 10.3 Å². The molecule has 6 nitrogen and oxygen atoms in total. The van der Waals surface area contributed by atoms with Gasteiger partial charge < -0.3 is 0 Å². The van der Waals surface area contributed by atoms with E-state index in [-0.39, 0.29) is 23.4 Å². The van der Waals surface area contributed by atoms with Crippen LogP contribution in [-0.4, -0.2) is 28.2 Å². The molecule has 3 fully saturated rings. The summed E-state index contributed by atoms with van der Waals surface area (Å²) >= 11 is 0. The van der Waals surface area contributed by atoms with Crippen molar-refractivity contribution in [2.45, 2.75) is 76.5 Å². The van der Waals surface area contributed by atoms with Crippen LogP contribution in [0.4, 0.5) is 5.69 Å². The maximum Gasteiger partial charge on any atom is 0.269 e. The van der Waals surface area contributed by atoms with E-state index in [2.05, 4.69) is 6.92 Å². The van der Waals surface area contributed by atoms with Crippen molar-refractivity contribution in [3.05, 3.63) is 39.9 Å². The maximum atomic E-state index is 13.1. The molecule has 0 unspecified atom stereocenters. The number of unbranched alkanes of at least 4 members (excludes halogenated alkanes) is 7. The van der Waals surface area contributed by atoms with Crippen molar-refractivity contribution in [3.63, 3.8) is 0 Å². The first-order valence-corrected chi connectivity index (χ1v) is 10.6. The quantitative estimate of drug-likeness (QED) is 0.238. The Morgan fingerprint density at radius 2 is 1.57 bits per heavy atom. The highest BCUT2D eigenvalue weighted by molar-refractivity contribution is 6.07. The lowest BCUT2D eigenvalue weighted by Crippen LogP contribution is -2.65. The first-order chi connectivity index (χ1) is 13.5. The van der Waals surface area contributed by atoms with Crippen LogP contribution in [0.2, 0.25) is 0 Å². The number of nitro benzene ring substituents is 1. The first-order valence-electron chi connectivity index (χ1n) is 10.6. The van der Waals surface area contributed by atoms with Gasteiger partial charge in [-0.15, -0.1) is 0 Å². The number of fused-ring (bicyclic) bond motifs is 2. The van der Waals surface area contributed by atoms with Gasteiger partial charge in [0, 0.05) is 24.6 Å². The number of amides is 2. The van der Waals surface area contributed by atoms with Crippen molar-refractivity contribution in [2.24, 2.45) is 5.92 Å². The number of imide groups is 1. The molecule has 28 heavy (non-hydrogen) atoms. The van der Waals surface area contributed by atoms with Gasteiger partial charge in [0.1, 0.15) is 0 Å². The molecule has 3 aliphatic rings. The number of nitro groups is 1. The number of carbonyl (C=O) groups excluding carboxylic acids is 2. The molecule has 4 rings (SSSR count). The van der Waals surface area contributed by atoms with Gasteiger partial charge in [0.2, 0.25) is 11.8 Å². The summed E-state index contributed by atoms with van der Waals surface area (Å²) in [5.74, 6) is -0.226. The molecule has 0 radical (unpaired) electrons. The van der Waals surface area contributed by atoms with Crippen LogP contribution in [0.25, 0.3) is 0 Å². The van der Waals surface area contributed by atoms with E-state index in [0.717, 1.165) is 24.8 Å². The first kappa shape index (κ1) is 20.5. The Labute approximate surface area is 166 Å². The molecule has 2 saturated heterocycles. The van der Waals surface area contributed by atoms with Gasteiger partial charge in [-0.25, -0.2) is 0 Å². The third-order valence-electron chi connectivity index (χ3n) is 6.33. The Morgan fingerprint density at radius 3 is 2.14 bits per heavy atom. The topological polar surface area (TPSA) is 80.5 Å². The number of hydrogen-bond acceptors (Lipinski definition) is 4. The molecule has 1 aliphatic carbocycles. The number of benzene rings is 1. The van der Waals surface area contributed by atoms with Crippen LogP contribution in [0.15, 0.2) is 24.3 Å². The van der Waals surface area contributed by atoms with Crippen LogP contribution in [0.3, 0.4) is 0 Å². The Morgan fingerprint density at radius 1 is 1.00 bits per heavy atom. The van der Waals surface area contributed by atoms with Crippen LogP contribution in [0.1, 0.15) is 76.7 Å². The van der Waals surface area contributed by atoms with Crippen molar-refractivity contribution < 1.29 is 14.5 Å². The Balaban J connectivity index is 1.55. The SMILES string of the molecule is CCCCCCCCCCN1C(=O)C2CC(c3ccc([N+](=O)[O-])cc3)(C2)C1=O. The molecule has 0 aromatic heterocycles. The second kappa shape index (κ2) is 8.84. The molecular formula is C22H30N2O4. The highest BCUT2D eigenvalue weighted by Crippen LogP contribution is 2.53. The number of nitrogens with zero attached hydrogens (tertiary/aromatic N) is 2. The lowest BCUT2D eigenvalue weighted by atomic mass is 9.55. The Bertz CT molecular complexity index is 723. The van der Waals surface area contributed by atoms with Crippen LogP contribution < -0.4 is 0 Å². The number of non-ortho nitro benzene ring substituents is 1. The average molecular weight is 386 g/mol. The minimum Gasteiger partial charge on any atom is -0.282 e. The average Bonchev–Trinajstić information content (AvgIpc) is 2.65. The summed E-state index contributed by atoms with van der Waals surface area (Å²) in [5, 5.41) is 10.9. The molecule has 152 valence electrons. The van der Waals surface area contributed by atoms with Crippen LogP contribution in [-0.2, 0) is 15.0 Å². The van der Waals surface area contributed by atoms with Crippen LogP contribution in [0, 0.1) is 16.0 Å². The minimum atomic E-state index is -0.659. The van der Waals surface area contributed by atoms with Crippen molar-refractivity contribution in [3.8, 4) is 0 Å². The summed E-state index contributed by atoms with van der Waals surface area (Å²) in [4.78, 5) is 37.6. The van der Waals surface area contributed by atoms with Gasteiger partial charge in [-0.2, -0.15) is 0 Å². The van der Waals surface area contributed by atoms with Gasteiger partial charge >= 0.3 is 0 Å². The van der Waals surface area contributed by atoms with E-state index in [4.69, 9.17) is 0 Å². The fraction of sp³-hybridized carbons (Fsp3) is 0.636. The zero-order valence-corrected chi connectivity index (χ0v) is 16.7. The molecule has 1 aromatic carbocycles. The lowest BCUT2D eigenvalue weighted by molar-refractivity contribution is -0.384. The molecule has 2 heterocycles. The molecule has 1 saturated carbocycles. The van der Waals surface area contributed by atoms with Gasteiger partial charge in [-0.1, -0.05) is 64.0 Å². The van der Waals surface area contributed by atoms with Crippen molar-refractivity contribution in [1.82, 2.24) is 4.90 Å². The fourth-order valence-electron chi connectivity index (χ4n) is 4.59. The Kier molecular flexibility index (Phi) is 6.47. The van der Waals surface area contributed by atoms with E-state index in [1.54, 1.807) is 12.1 Å². The molecule has 2 aliphatic heterocycles. The zero-order chi connectivity index (χ0) is 20.1. The van der Waals surface area contributed by atoms with E-state index in [1.807, 2.05) is 0 Å². The van der Waals surface area contributed by atoms with Gasteiger partial charge in [0.25, 0.3) is 5.69 Å². The summed E-state index contributed by atoms with van der Waals surface area (Å²) in [5.41, 5.74) is 0.160. The molecule has 0 N–H and O–H groups in total. The van der Waals surface area contributed by atoms with Gasteiger partial charge in [-0.05, 0) is 24.8 Å². The normalized spacial score (nSPS) is 23.6. The highest BCUT2D eigenvalue weighted by Gasteiger charge is 2.61. The smallest absolute Gasteiger partial charge is 0.269 e. The zero-order valence-electron chi connectivity index (χ0n) is 16.7. The van der Waals surface area contributed by atoms with Crippen molar-refractivity contribution in [2.75, 3.05) is 6.54 Å². The summed E-state index contributed by atoms with van der Waals surface area (Å²) < 4.78 is 0. The molecular weight excluding hydrogens is 356 g/mol. The van der Waals surface area contributed by atoms with Crippen molar-refractivity contribution in [1.29, 1.82) is 0 Å². The van der Waals surface area contributed by atoms with Gasteiger partial charge in [0.05, 0.1) is 10.3 Å². The van der Waals surface area contributed by atoms with E-state index >= 15 is 0 Å². The highest BCUT2D eigenvalue weighted by atomic mass is 16.6.